The van der Waals surface area contributed by atoms with Crippen molar-refractivity contribution < 1.29 is 14.7 Å². The molecule has 2 aliphatic heterocycles. The maximum absolute atomic E-state index is 11.3. The summed E-state index contributed by atoms with van der Waals surface area (Å²) in [6.45, 7) is 0.429. The van der Waals surface area contributed by atoms with Crippen molar-refractivity contribution in [2.45, 2.75) is 31.7 Å². The normalized spacial score (nSPS) is 33.2. The Bertz CT molecular complexity index is 251. The van der Waals surface area contributed by atoms with Gasteiger partial charge in [-0.25, -0.2) is 0 Å². The molecule has 2 fully saturated rings. The average molecular weight is 183 g/mol. The Morgan fingerprint density at radius 2 is 2.15 bits per heavy atom. The number of carboxylic acid groups (broad SMARTS) is 1. The molecule has 13 heavy (non-hydrogen) atoms. The smallest absolute Gasteiger partial charge is 0.308 e. The van der Waals surface area contributed by atoms with Gasteiger partial charge in [0, 0.05) is 19.0 Å². The maximum atomic E-state index is 11.3. The number of rotatable bonds is 1. The maximum Gasteiger partial charge on any atom is 0.308 e. The minimum Gasteiger partial charge on any atom is -0.481 e. The second kappa shape index (κ2) is 3.01. The predicted molar refractivity (Wildman–Crippen MR) is 45.1 cm³/mol. The van der Waals surface area contributed by atoms with Gasteiger partial charge in [0.15, 0.2) is 0 Å². The van der Waals surface area contributed by atoms with Crippen LogP contribution in [0.15, 0.2) is 0 Å². The van der Waals surface area contributed by atoms with Crippen LogP contribution in [-0.4, -0.2) is 34.5 Å². The number of amides is 1. The van der Waals surface area contributed by atoms with Crippen molar-refractivity contribution in [3.05, 3.63) is 0 Å². The SMILES string of the molecule is O=C(O)C1CCC2CCC(=O)N2C1. The van der Waals surface area contributed by atoms with Crippen LogP contribution in [0.3, 0.4) is 0 Å². The van der Waals surface area contributed by atoms with Crippen LogP contribution in [0.5, 0.6) is 0 Å². The Kier molecular flexibility index (Phi) is 1.98. The highest BCUT2D eigenvalue weighted by atomic mass is 16.4. The first-order chi connectivity index (χ1) is 6.18. The highest BCUT2D eigenvalue weighted by Gasteiger charge is 2.38. The monoisotopic (exact) mass is 183 g/mol. The molecule has 0 spiro atoms. The number of piperidine rings is 1. The second-order valence-corrected chi connectivity index (χ2v) is 3.85. The number of fused-ring (bicyclic) bond motifs is 1. The fraction of sp³-hybridized carbons (Fsp3) is 0.778. The van der Waals surface area contributed by atoms with Crippen molar-refractivity contribution in [3.63, 3.8) is 0 Å². The van der Waals surface area contributed by atoms with Crippen molar-refractivity contribution in [3.8, 4) is 0 Å². The van der Waals surface area contributed by atoms with Gasteiger partial charge in [0.25, 0.3) is 0 Å². The van der Waals surface area contributed by atoms with Crippen molar-refractivity contribution in [2.75, 3.05) is 6.54 Å². The molecule has 2 heterocycles. The topological polar surface area (TPSA) is 57.6 Å². The van der Waals surface area contributed by atoms with Crippen molar-refractivity contribution in [1.82, 2.24) is 4.90 Å². The molecule has 4 nitrogen and oxygen atoms in total. The third-order valence-electron chi connectivity index (χ3n) is 3.07. The van der Waals surface area contributed by atoms with E-state index in [1.54, 1.807) is 4.90 Å². The Labute approximate surface area is 76.5 Å². The van der Waals surface area contributed by atoms with Gasteiger partial charge in [0.1, 0.15) is 0 Å². The molecule has 1 N–H and O–H groups in total. The van der Waals surface area contributed by atoms with Crippen LogP contribution < -0.4 is 0 Å². The van der Waals surface area contributed by atoms with E-state index in [-0.39, 0.29) is 11.8 Å². The molecule has 72 valence electrons. The first kappa shape index (κ1) is 8.53. The minimum atomic E-state index is -0.766. The van der Waals surface area contributed by atoms with E-state index in [2.05, 4.69) is 0 Å². The van der Waals surface area contributed by atoms with E-state index < -0.39 is 5.97 Å². The quantitative estimate of drug-likeness (QED) is 0.643. The lowest BCUT2D eigenvalue weighted by Gasteiger charge is -2.33. The largest absolute Gasteiger partial charge is 0.481 e. The zero-order chi connectivity index (χ0) is 9.42. The van der Waals surface area contributed by atoms with Gasteiger partial charge in [0.05, 0.1) is 5.92 Å². The van der Waals surface area contributed by atoms with E-state index in [0.717, 1.165) is 19.3 Å². The minimum absolute atomic E-state index is 0.135. The molecule has 2 unspecified atom stereocenters. The molecule has 2 aliphatic rings. The van der Waals surface area contributed by atoms with Gasteiger partial charge < -0.3 is 10.0 Å². The van der Waals surface area contributed by atoms with Gasteiger partial charge in [-0.05, 0) is 19.3 Å². The van der Waals surface area contributed by atoms with E-state index in [0.29, 0.717) is 19.0 Å². The lowest BCUT2D eigenvalue weighted by molar-refractivity contribution is -0.145. The van der Waals surface area contributed by atoms with Crippen molar-refractivity contribution in [1.29, 1.82) is 0 Å². The van der Waals surface area contributed by atoms with Crippen molar-refractivity contribution in [2.24, 2.45) is 5.92 Å². The van der Waals surface area contributed by atoms with Gasteiger partial charge in [-0.15, -0.1) is 0 Å². The molecule has 0 aromatic heterocycles. The molecule has 0 aromatic carbocycles. The zero-order valence-corrected chi connectivity index (χ0v) is 7.40. The van der Waals surface area contributed by atoms with E-state index in [1.807, 2.05) is 0 Å². The molecule has 2 atom stereocenters. The fourth-order valence-electron chi connectivity index (χ4n) is 2.27. The lowest BCUT2D eigenvalue weighted by atomic mass is 9.93. The Morgan fingerprint density at radius 1 is 1.38 bits per heavy atom. The summed E-state index contributed by atoms with van der Waals surface area (Å²) in [7, 11) is 0. The molecular formula is C9H13NO3. The standard InChI is InChI=1S/C9H13NO3/c11-8-4-3-7-2-1-6(9(12)13)5-10(7)8/h6-7H,1-5H2,(H,12,13). The Morgan fingerprint density at radius 3 is 2.85 bits per heavy atom. The van der Waals surface area contributed by atoms with E-state index in [4.69, 9.17) is 5.11 Å². The summed E-state index contributed by atoms with van der Waals surface area (Å²) in [6, 6.07) is 0.336. The first-order valence-corrected chi connectivity index (χ1v) is 4.71. The van der Waals surface area contributed by atoms with Gasteiger partial charge in [0.2, 0.25) is 5.91 Å². The molecular weight excluding hydrogens is 170 g/mol. The third kappa shape index (κ3) is 1.41. The fourth-order valence-corrected chi connectivity index (χ4v) is 2.27. The molecule has 0 bridgehead atoms. The van der Waals surface area contributed by atoms with Gasteiger partial charge in [-0.1, -0.05) is 0 Å². The lowest BCUT2D eigenvalue weighted by Crippen LogP contribution is -2.43. The Hall–Kier alpha value is -1.06. The number of carboxylic acids is 1. The molecule has 2 rings (SSSR count). The second-order valence-electron chi connectivity index (χ2n) is 3.85. The average Bonchev–Trinajstić information content (AvgIpc) is 2.47. The third-order valence-corrected chi connectivity index (χ3v) is 3.07. The van der Waals surface area contributed by atoms with Crippen LogP contribution in [-0.2, 0) is 9.59 Å². The summed E-state index contributed by atoms with van der Waals surface area (Å²) >= 11 is 0. The van der Waals surface area contributed by atoms with Crippen LogP contribution in [0.4, 0.5) is 0 Å². The highest BCUT2D eigenvalue weighted by molar-refractivity contribution is 5.80. The number of carbonyl (C=O) groups is 2. The zero-order valence-electron chi connectivity index (χ0n) is 7.40. The molecule has 1 amide bonds. The number of aliphatic carboxylic acids is 1. The van der Waals surface area contributed by atoms with E-state index >= 15 is 0 Å². The van der Waals surface area contributed by atoms with Crippen LogP contribution in [0.1, 0.15) is 25.7 Å². The van der Waals surface area contributed by atoms with Gasteiger partial charge >= 0.3 is 5.97 Å². The molecule has 4 heteroatoms. The van der Waals surface area contributed by atoms with Gasteiger partial charge in [-0.3, -0.25) is 9.59 Å². The van der Waals surface area contributed by atoms with Crippen LogP contribution in [0, 0.1) is 5.92 Å². The number of hydrogen-bond acceptors (Lipinski definition) is 2. The van der Waals surface area contributed by atoms with Crippen molar-refractivity contribution >= 4 is 11.9 Å². The number of nitrogens with zero attached hydrogens (tertiary/aromatic N) is 1. The summed E-state index contributed by atoms with van der Waals surface area (Å²) in [6.07, 6.45) is 3.12. The summed E-state index contributed by atoms with van der Waals surface area (Å²) in [5.74, 6) is -0.965. The van der Waals surface area contributed by atoms with Gasteiger partial charge in [-0.2, -0.15) is 0 Å². The van der Waals surface area contributed by atoms with Crippen LogP contribution in [0.25, 0.3) is 0 Å². The summed E-state index contributed by atoms with van der Waals surface area (Å²) in [5, 5.41) is 8.81. The number of carbonyl (C=O) groups excluding carboxylic acids is 1. The Balaban J connectivity index is 2.05. The summed E-state index contributed by atoms with van der Waals surface area (Å²) < 4.78 is 0. The molecule has 0 saturated carbocycles. The predicted octanol–water partition coefficient (Wildman–Crippen LogP) is 0.472. The summed E-state index contributed by atoms with van der Waals surface area (Å²) in [4.78, 5) is 23.8. The van der Waals surface area contributed by atoms with Crippen LogP contribution >= 0.6 is 0 Å². The van der Waals surface area contributed by atoms with E-state index in [1.165, 1.54) is 0 Å². The summed E-state index contributed by atoms with van der Waals surface area (Å²) in [5.41, 5.74) is 0. The number of hydrogen-bond donors (Lipinski definition) is 1. The first-order valence-electron chi connectivity index (χ1n) is 4.71. The molecule has 0 aromatic rings. The molecule has 0 aliphatic carbocycles. The molecule has 0 radical (unpaired) electrons. The highest BCUT2D eigenvalue weighted by Crippen LogP contribution is 2.30. The van der Waals surface area contributed by atoms with E-state index in [9.17, 15) is 9.59 Å². The van der Waals surface area contributed by atoms with Crippen LogP contribution in [0.2, 0.25) is 0 Å². The molecule has 2 saturated heterocycles.